The molecule has 0 spiro atoms. The van der Waals surface area contributed by atoms with Gasteiger partial charge in [0, 0.05) is 12.1 Å². The smallest absolute Gasteiger partial charge is 0.317 e. The lowest BCUT2D eigenvalue weighted by Gasteiger charge is -2.18. The van der Waals surface area contributed by atoms with Gasteiger partial charge in [0.15, 0.2) is 0 Å². The number of carboxylic acid groups (broad SMARTS) is 1. The van der Waals surface area contributed by atoms with Gasteiger partial charge in [-0.1, -0.05) is 38.1 Å². The number of rotatable bonds is 9. The van der Waals surface area contributed by atoms with Crippen molar-refractivity contribution in [2.75, 3.05) is 26.7 Å². The standard InChI is InChI=1S/C21H26FNO3/c1-15(2)12-17-13-16(18-6-4-5-7-19(18)22)8-9-20(17)26-11-10-23(3)14-21(24)25/h4-9,13,15H,10-12,14H2,1-3H3,(H,24,25). The summed E-state index contributed by atoms with van der Waals surface area (Å²) in [4.78, 5) is 12.4. The molecule has 2 rings (SSSR count). The Morgan fingerprint density at radius 2 is 1.96 bits per heavy atom. The summed E-state index contributed by atoms with van der Waals surface area (Å²) >= 11 is 0. The second kappa shape index (κ2) is 9.34. The second-order valence-electron chi connectivity index (χ2n) is 6.88. The maximum Gasteiger partial charge on any atom is 0.317 e. The lowest BCUT2D eigenvalue weighted by atomic mass is 9.97. The normalized spacial score (nSPS) is 11.2. The first-order chi connectivity index (χ1) is 12.4. The van der Waals surface area contributed by atoms with Gasteiger partial charge in [-0.15, -0.1) is 0 Å². The van der Waals surface area contributed by atoms with Crippen LogP contribution in [0.2, 0.25) is 0 Å². The molecule has 1 N–H and O–H groups in total. The van der Waals surface area contributed by atoms with Crippen molar-refractivity contribution in [2.45, 2.75) is 20.3 Å². The van der Waals surface area contributed by atoms with Crippen molar-refractivity contribution in [3.05, 3.63) is 53.8 Å². The Kier molecular flexibility index (Phi) is 7.16. The van der Waals surface area contributed by atoms with E-state index in [-0.39, 0.29) is 12.4 Å². The Hall–Kier alpha value is -2.40. The minimum atomic E-state index is -0.859. The van der Waals surface area contributed by atoms with Crippen LogP contribution < -0.4 is 4.74 Å². The molecule has 0 saturated carbocycles. The monoisotopic (exact) mass is 359 g/mol. The minimum Gasteiger partial charge on any atom is -0.492 e. The minimum absolute atomic E-state index is 0.0194. The molecule has 26 heavy (non-hydrogen) atoms. The number of hydrogen-bond acceptors (Lipinski definition) is 3. The van der Waals surface area contributed by atoms with Crippen molar-refractivity contribution in [1.29, 1.82) is 0 Å². The van der Waals surface area contributed by atoms with Crippen LogP contribution in [0.4, 0.5) is 4.39 Å². The highest BCUT2D eigenvalue weighted by molar-refractivity contribution is 5.69. The zero-order valence-electron chi connectivity index (χ0n) is 15.5. The largest absolute Gasteiger partial charge is 0.492 e. The molecule has 0 atom stereocenters. The van der Waals surface area contributed by atoms with E-state index in [0.717, 1.165) is 23.3 Å². The summed E-state index contributed by atoms with van der Waals surface area (Å²) in [5.74, 6) is 0.0969. The molecule has 0 aliphatic carbocycles. The van der Waals surface area contributed by atoms with E-state index in [1.807, 2.05) is 24.3 Å². The van der Waals surface area contributed by atoms with E-state index in [1.165, 1.54) is 6.07 Å². The molecule has 0 saturated heterocycles. The molecule has 5 heteroatoms. The number of carbonyl (C=O) groups is 1. The summed E-state index contributed by atoms with van der Waals surface area (Å²) in [5, 5.41) is 8.79. The van der Waals surface area contributed by atoms with E-state index >= 15 is 0 Å². The molecule has 0 fully saturated rings. The molecule has 0 amide bonds. The fraction of sp³-hybridized carbons (Fsp3) is 0.381. The van der Waals surface area contributed by atoms with Crippen LogP contribution in [-0.4, -0.2) is 42.7 Å². The summed E-state index contributed by atoms with van der Waals surface area (Å²) in [6.45, 7) is 5.14. The van der Waals surface area contributed by atoms with Crippen LogP contribution in [0.3, 0.4) is 0 Å². The van der Waals surface area contributed by atoms with E-state index in [4.69, 9.17) is 9.84 Å². The predicted molar refractivity (Wildman–Crippen MR) is 101 cm³/mol. The SMILES string of the molecule is CC(C)Cc1cc(-c2ccccc2F)ccc1OCCN(C)CC(=O)O. The van der Waals surface area contributed by atoms with E-state index in [2.05, 4.69) is 13.8 Å². The first-order valence-electron chi connectivity index (χ1n) is 8.77. The third-order valence-electron chi connectivity index (χ3n) is 4.01. The van der Waals surface area contributed by atoms with Gasteiger partial charge in [0.25, 0.3) is 0 Å². The Balaban J connectivity index is 2.15. The number of benzene rings is 2. The molecule has 0 heterocycles. The Morgan fingerprint density at radius 3 is 2.62 bits per heavy atom. The van der Waals surface area contributed by atoms with Crippen molar-refractivity contribution < 1.29 is 19.0 Å². The fourth-order valence-corrected chi connectivity index (χ4v) is 2.80. The third kappa shape index (κ3) is 5.85. The van der Waals surface area contributed by atoms with Crippen LogP contribution in [0.25, 0.3) is 11.1 Å². The van der Waals surface area contributed by atoms with Crippen LogP contribution >= 0.6 is 0 Å². The lowest BCUT2D eigenvalue weighted by Crippen LogP contribution is -2.29. The molecule has 0 bridgehead atoms. The maximum absolute atomic E-state index is 14.1. The van der Waals surface area contributed by atoms with E-state index < -0.39 is 5.97 Å². The van der Waals surface area contributed by atoms with Crippen LogP contribution in [0.1, 0.15) is 19.4 Å². The quantitative estimate of drug-likeness (QED) is 0.733. The first-order valence-corrected chi connectivity index (χ1v) is 8.77. The third-order valence-corrected chi connectivity index (χ3v) is 4.01. The van der Waals surface area contributed by atoms with Gasteiger partial charge in [-0.05, 0) is 48.7 Å². The van der Waals surface area contributed by atoms with Gasteiger partial charge in [-0.3, -0.25) is 9.69 Å². The predicted octanol–water partition coefficient (Wildman–Crippen LogP) is 4.09. The number of carboxylic acids is 1. The Labute approximate surface area is 154 Å². The van der Waals surface area contributed by atoms with Crippen LogP contribution in [0.15, 0.2) is 42.5 Å². The average Bonchev–Trinajstić information content (AvgIpc) is 2.55. The fourth-order valence-electron chi connectivity index (χ4n) is 2.80. The molecule has 2 aromatic rings. The van der Waals surface area contributed by atoms with Gasteiger partial charge in [0.1, 0.15) is 18.2 Å². The first kappa shape index (κ1) is 19.9. The topological polar surface area (TPSA) is 49.8 Å². The van der Waals surface area contributed by atoms with Gasteiger partial charge < -0.3 is 9.84 Å². The summed E-state index contributed by atoms with van der Waals surface area (Å²) in [5.41, 5.74) is 2.43. The molecule has 2 aromatic carbocycles. The highest BCUT2D eigenvalue weighted by atomic mass is 19.1. The zero-order chi connectivity index (χ0) is 19.1. The summed E-state index contributed by atoms with van der Waals surface area (Å²) in [7, 11) is 1.74. The molecular formula is C21H26FNO3. The number of halogens is 1. The maximum atomic E-state index is 14.1. The van der Waals surface area contributed by atoms with Crippen molar-refractivity contribution in [1.82, 2.24) is 4.90 Å². The van der Waals surface area contributed by atoms with Crippen LogP contribution in [-0.2, 0) is 11.2 Å². The molecule has 0 aliphatic heterocycles. The summed E-state index contributed by atoms with van der Waals surface area (Å²) < 4.78 is 20.0. The summed E-state index contributed by atoms with van der Waals surface area (Å²) in [6.07, 6.45) is 0.822. The van der Waals surface area contributed by atoms with Gasteiger partial charge >= 0.3 is 5.97 Å². The van der Waals surface area contributed by atoms with Crippen LogP contribution in [0, 0.1) is 11.7 Å². The Morgan fingerprint density at radius 1 is 1.23 bits per heavy atom. The molecule has 0 aliphatic rings. The number of nitrogens with zero attached hydrogens (tertiary/aromatic N) is 1. The van der Waals surface area contributed by atoms with Gasteiger partial charge in [0.2, 0.25) is 0 Å². The molecule has 4 nitrogen and oxygen atoms in total. The Bertz CT molecular complexity index is 746. The van der Waals surface area contributed by atoms with Crippen molar-refractivity contribution in [3.8, 4) is 16.9 Å². The number of likely N-dealkylation sites (N-methyl/N-ethyl adjacent to an activating group) is 1. The number of ether oxygens (including phenoxy) is 1. The van der Waals surface area contributed by atoms with Crippen LogP contribution in [0.5, 0.6) is 5.75 Å². The molecule has 0 unspecified atom stereocenters. The number of aliphatic carboxylic acids is 1. The van der Waals surface area contributed by atoms with Crippen molar-refractivity contribution in [2.24, 2.45) is 5.92 Å². The van der Waals surface area contributed by atoms with Gasteiger partial charge in [0.05, 0.1) is 6.54 Å². The average molecular weight is 359 g/mol. The highest BCUT2D eigenvalue weighted by Crippen LogP contribution is 2.30. The molecular weight excluding hydrogens is 333 g/mol. The van der Waals surface area contributed by atoms with E-state index in [1.54, 1.807) is 24.1 Å². The lowest BCUT2D eigenvalue weighted by molar-refractivity contribution is -0.138. The van der Waals surface area contributed by atoms with E-state index in [0.29, 0.717) is 24.6 Å². The van der Waals surface area contributed by atoms with Crippen molar-refractivity contribution >= 4 is 5.97 Å². The van der Waals surface area contributed by atoms with Crippen molar-refractivity contribution in [3.63, 3.8) is 0 Å². The second-order valence-corrected chi connectivity index (χ2v) is 6.88. The highest BCUT2D eigenvalue weighted by Gasteiger charge is 2.12. The van der Waals surface area contributed by atoms with E-state index in [9.17, 15) is 9.18 Å². The van der Waals surface area contributed by atoms with Gasteiger partial charge in [-0.25, -0.2) is 4.39 Å². The summed E-state index contributed by atoms with van der Waals surface area (Å²) in [6, 6.07) is 12.4. The molecule has 0 aromatic heterocycles. The number of hydrogen-bond donors (Lipinski definition) is 1. The zero-order valence-corrected chi connectivity index (χ0v) is 15.5. The molecule has 140 valence electrons. The van der Waals surface area contributed by atoms with Gasteiger partial charge in [-0.2, -0.15) is 0 Å². The molecule has 0 radical (unpaired) electrons.